The highest BCUT2D eigenvalue weighted by Crippen LogP contribution is 2.51. The summed E-state index contributed by atoms with van der Waals surface area (Å²) in [7, 11) is 0. The van der Waals surface area contributed by atoms with E-state index in [9.17, 15) is 24.3 Å². The number of aromatic nitrogens is 8. The molecule has 1 aliphatic heterocycles. The van der Waals surface area contributed by atoms with E-state index in [2.05, 4.69) is 43.1 Å². The summed E-state index contributed by atoms with van der Waals surface area (Å²) in [4.78, 5) is 50.0. The number of amides is 2. The first-order valence-corrected chi connectivity index (χ1v) is 21.7. The Morgan fingerprint density at radius 1 is 0.769 bits per heavy atom. The average molecular weight is 873 g/mol. The van der Waals surface area contributed by atoms with Gasteiger partial charge in [-0.2, -0.15) is 20.4 Å². The highest BCUT2D eigenvalue weighted by molar-refractivity contribution is 6.05. The molecule has 16 nitrogen and oxygen atoms in total. The minimum atomic E-state index is -0.545. The summed E-state index contributed by atoms with van der Waals surface area (Å²) in [5.41, 5.74) is 5.17. The molecule has 65 heavy (non-hydrogen) atoms. The molecule has 5 N–H and O–H groups in total. The molecule has 2 unspecified atom stereocenters. The summed E-state index contributed by atoms with van der Waals surface area (Å²) in [5, 5.41) is 40.1. The molecule has 1 saturated heterocycles. The number of carbonyl (C=O) groups excluding carboxylic acids is 2. The number of benzene rings is 4. The number of hydrogen-bond acceptors (Lipinski definition) is 10. The molecule has 3 aliphatic rings. The first-order chi connectivity index (χ1) is 31.6. The second-order valence-corrected chi connectivity index (χ2v) is 16.8. The van der Waals surface area contributed by atoms with Gasteiger partial charge in [-0.15, -0.1) is 0 Å². The maximum atomic E-state index is 13.4. The third-order valence-electron chi connectivity index (χ3n) is 11.5. The number of nitrogens with zero attached hydrogens (tertiary/aromatic N) is 6. The first kappa shape index (κ1) is 42.7. The van der Waals surface area contributed by atoms with Crippen LogP contribution in [0.3, 0.4) is 0 Å². The largest absolute Gasteiger partial charge is 0.391 e. The number of epoxide rings is 1. The molecule has 2 atom stereocenters. The van der Waals surface area contributed by atoms with Gasteiger partial charge in [0.15, 0.2) is 0 Å². The maximum absolute atomic E-state index is 13.4. The van der Waals surface area contributed by atoms with Crippen LogP contribution >= 0.6 is 0 Å². The van der Waals surface area contributed by atoms with Crippen molar-refractivity contribution in [1.82, 2.24) is 40.0 Å². The lowest BCUT2D eigenvalue weighted by atomic mass is 10.0. The van der Waals surface area contributed by atoms with Crippen LogP contribution in [0.1, 0.15) is 66.3 Å². The molecule has 4 aromatic heterocycles. The molecule has 0 spiro atoms. The highest BCUT2D eigenvalue weighted by atomic mass is 16.6. The van der Waals surface area contributed by atoms with Gasteiger partial charge in [0.2, 0.25) is 0 Å². The van der Waals surface area contributed by atoms with Gasteiger partial charge in [0, 0.05) is 45.7 Å². The summed E-state index contributed by atoms with van der Waals surface area (Å²) >= 11 is 0. The minimum absolute atomic E-state index is 0.0112. The number of aliphatic hydroxyl groups is 1. The van der Waals surface area contributed by atoms with E-state index in [1.165, 1.54) is 42.8 Å². The third kappa shape index (κ3) is 10.1. The van der Waals surface area contributed by atoms with Gasteiger partial charge < -0.3 is 20.5 Å². The summed E-state index contributed by atoms with van der Waals surface area (Å²) in [6.07, 6.45) is 10.9. The molecular weight excluding hydrogens is 825 g/mol. The monoisotopic (exact) mass is 872 g/mol. The predicted octanol–water partition coefficient (Wildman–Crippen LogP) is 7.22. The van der Waals surface area contributed by atoms with E-state index >= 15 is 0 Å². The van der Waals surface area contributed by atoms with Crippen LogP contribution in [-0.4, -0.2) is 75.7 Å². The number of fused-ring (bicyclic) bond motifs is 2. The third-order valence-corrected chi connectivity index (χ3v) is 11.5. The van der Waals surface area contributed by atoms with Crippen molar-refractivity contribution in [2.75, 3.05) is 17.2 Å². The van der Waals surface area contributed by atoms with Crippen molar-refractivity contribution in [2.45, 2.75) is 64.3 Å². The Bertz CT molecular complexity index is 3060. The van der Waals surface area contributed by atoms with Crippen LogP contribution in [0.4, 0.5) is 11.4 Å². The molecule has 8 aromatic rings. The average Bonchev–Trinajstić information content (AvgIpc) is 4.30. The fourth-order valence-corrected chi connectivity index (χ4v) is 7.77. The first-order valence-electron chi connectivity index (χ1n) is 21.7. The Kier molecular flexibility index (Phi) is 12.3. The molecule has 5 heterocycles. The lowest BCUT2D eigenvalue weighted by Crippen LogP contribution is -2.30. The normalized spacial score (nSPS) is 15.7. The van der Waals surface area contributed by atoms with Gasteiger partial charge in [-0.1, -0.05) is 60.7 Å². The van der Waals surface area contributed by atoms with Gasteiger partial charge in [0.05, 0.1) is 77.1 Å². The van der Waals surface area contributed by atoms with E-state index in [-0.39, 0.29) is 29.0 Å². The molecule has 2 amide bonds. The Morgan fingerprint density at radius 2 is 1.31 bits per heavy atom. The van der Waals surface area contributed by atoms with Gasteiger partial charge in [-0.05, 0) is 87.8 Å². The lowest BCUT2D eigenvalue weighted by molar-refractivity contribution is 0.101. The van der Waals surface area contributed by atoms with Gasteiger partial charge in [-0.3, -0.25) is 29.0 Å². The number of anilines is 2. The number of H-pyrrole nitrogens is 2. The molecule has 3 fully saturated rings. The van der Waals surface area contributed by atoms with Gasteiger partial charge in [0.25, 0.3) is 22.9 Å². The fourth-order valence-electron chi connectivity index (χ4n) is 7.77. The topological polar surface area (TPSA) is 218 Å². The maximum Gasteiger partial charge on any atom is 0.274 e. The van der Waals surface area contributed by atoms with Crippen LogP contribution < -0.4 is 21.8 Å². The number of rotatable bonds is 11. The Morgan fingerprint density at radius 3 is 1.85 bits per heavy atom. The molecule has 4 aromatic carbocycles. The van der Waals surface area contributed by atoms with Crippen molar-refractivity contribution in [2.24, 2.45) is 11.8 Å². The Balaban J connectivity index is 0.000000152. The number of carbonyl (C=O) groups is 2. The van der Waals surface area contributed by atoms with Crippen molar-refractivity contribution in [1.29, 1.82) is 0 Å². The van der Waals surface area contributed by atoms with Crippen molar-refractivity contribution in [3.8, 4) is 22.5 Å². The van der Waals surface area contributed by atoms with E-state index < -0.39 is 6.10 Å². The van der Waals surface area contributed by atoms with E-state index in [1.807, 2.05) is 78.9 Å². The standard InChI is InChI=1S/C25H23N5O2.C21H19N5O3.C3H6O/c31-24(18-13-26-27-14-18)28-19-11-9-15(10-12-19)22-20-3-1-2-4-21(20)25(32)30(29-22)23(16-5-6-16)17-7-8-17;1-13(27)11-26-12-15(10-22-26)20(28)23-16-8-6-14(7-9-16)19-17-4-2-3-5-18(17)21(29)25-24-19;1-3-2-4-3/h1-4,9-14,16-17,23H,5-8H2,(H,26,27)(H,28,31);2-10,12-13,27H,11H2,1H3,(H,23,28)(H,25,29);3H,2H2,1H3. The smallest absolute Gasteiger partial charge is 0.274 e. The van der Waals surface area contributed by atoms with Gasteiger partial charge in [0.1, 0.15) is 0 Å². The van der Waals surface area contributed by atoms with Crippen LogP contribution in [-0.2, 0) is 11.3 Å². The quantitative estimate of drug-likeness (QED) is 0.0822. The van der Waals surface area contributed by atoms with Crippen molar-refractivity contribution in [3.63, 3.8) is 0 Å². The Hall–Kier alpha value is -7.56. The van der Waals surface area contributed by atoms with Crippen LogP contribution in [0.25, 0.3) is 44.1 Å². The van der Waals surface area contributed by atoms with E-state index in [0.717, 1.165) is 34.2 Å². The SMILES string of the molecule is CC(O)Cn1cc(C(=O)Nc2ccc(-c3n[nH]c(=O)c4ccccc34)cc2)cn1.CC1CO1.O=C(Nc1ccc(-c2nn(C(C3CC3)C3CC3)c(=O)c3ccccc23)cc1)c1cn[nH]c1. The predicted molar refractivity (Wildman–Crippen MR) is 248 cm³/mol. The molecule has 11 rings (SSSR count). The number of hydrogen-bond donors (Lipinski definition) is 5. The van der Waals surface area contributed by atoms with E-state index in [4.69, 9.17) is 9.84 Å². The van der Waals surface area contributed by atoms with Crippen molar-refractivity contribution in [3.05, 3.63) is 154 Å². The van der Waals surface area contributed by atoms with Gasteiger partial charge in [-0.25, -0.2) is 9.78 Å². The number of nitrogens with one attached hydrogen (secondary N) is 4. The van der Waals surface area contributed by atoms with Crippen LogP contribution in [0, 0.1) is 11.8 Å². The van der Waals surface area contributed by atoms with E-state index in [0.29, 0.717) is 63.5 Å². The number of ether oxygens (including phenoxy) is 1. The second kappa shape index (κ2) is 18.7. The number of aromatic amines is 2. The number of aliphatic hydroxyl groups excluding tert-OH is 1. The summed E-state index contributed by atoms with van der Waals surface area (Å²) < 4.78 is 8.01. The fraction of sp³-hybridized carbons (Fsp3) is 0.265. The summed E-state index contributed by atoms with van der Waals surface area (Å²) in [6.45, 7) is 5.02. The highest BCUT2D eigenvalue weighted by Gasteiger charge is 2.44. The second-order valence-electron chi connectivity index (χ2n) is 16.8. The minimum Gasteiger partial charge on any atom is -0.391 e. The van der Waals surface area contributed by atoms with Crippen LogP contribution in [0.2, 0.25) is 0 Å². The molecule has 16 heteroatoms. The molecule has 330 valence electrons. The van der Waals surface area contributed by atoms with Gasteiger partial charge >= 0.3 is 0 Å². The molecule has 2 aliphatic carbocycles. The zero-order chi connectivity index (χ0) is 45.0. The van der Waals surface area contributed by atoms with Crippen LogP contribution in [0.5, 0.6) is 0 Å². The zero-order valence-electron chi connectivity index (χ0n) is 35.8. The lowest BCUT2D eigenvalue weighted by Gasteiger charge is -2.20. The zero-order valence-corrected chi connectivity index (χ0v) is 35.8. The molecule has 2 saturated carbocycles. The van der Waals surface area contributed by atoms with Crippen molar-refractivity contribution < 1.29 is 19.4 Å². The van der Waals surface area contributed by atoms with Crippen LogP contribution in [0.15, 0.2) is 131 Å². The molecule has 0 bridgehead atoms. The summed E-state index contributed by atoms with van der Waals surface area (Å²) in [6, 6.07) is 30.0. The summed E-state index contributed by atoms with van der Waals surface area (Å²) in [5.74, 6) is 0.631. The van der Waals surface area contributed by atoms with E-state index in [1.54, 1.807) is 42.2 Å². The molecule has 0 radical (unpaired) electrons. The van der Waals surface area contributed by atoms with Crippen molar-refractivity contribution >= 4 is 44.7 Å². The Labute approximate surface area is 372 Å². The molecular formula is C49H48N10O6.